The Balaban J connectivity index is 5.20. The van der Waals surface area contributed by atoms with Gasteiger partial charge in [-0.2, -0.15) is 0 Å². The summed E-state index contributed by atoms with van der Waals surface area (Å²) in [6, 6.07) is 0. The number of aliphatic carboxylic acids is 1. The minimum atomic E-state index is -3.37. The van der Waals surface area contributed by atoms with E-state index >= 15 is 0 Å². The third-order valence-corrected chi connectivity index (χ3v) is 0.791. The van der Waals surface area contributed by atoms with E-state index in [4.69, 9.17) is 8.22 Å². The number of nitrogens with zero attached hydrogens (tertiary/aromatic N) is 1. The Morgan fingerprint density at radius 3 is 2.91 bits per heavy atom. The fourth-order valence-corrected chi connectivity index (χ4v) is 0.532. The number of carbonyl (C=O) groups is 1. The van der Waals surface area contributed by atoms with Gasteiger partial charge in [0, 0.05) is 15.1 Å². The number of carboxylic acids is 1. The molecule has 11 heavy (non-hydrogen) atoms. The number of carbonyl (C=O) groups excluding carboxylic acids is 1. The average Bonchev–Trinajstić information content (AvgIpc) is 1.98. The van der Waals surface area contributed by atoms with E-state index < -0.39 is 36.4 Å². The topological polar surface area (TPSA) is 60.4 Å². The van der Waals surface area contributed by atoms with Gasteiger partial charge in [-0.3, -0.25) is 0 Å². The van der Waals surface area contributed by atoms with Crippen LogP contribution in [0.1, 0.15) is 14.6 Å². The second-order valence-corrected chi connectivity index (χ2v) is 2.70. The molecule has 4 heteroatoms. The minimum Gasteiger partial charge on any atom is -0.550 e. The predicted molar refractivity (Wildman–Crippen MR) is 38.5 cm³/mol. The highest BCUT2D eigenvalue weighted by molar-refractivity contribution is 5.64. The predicted octanol–water partition coefficient (Wildman–Crippen LogP) is -1.81. The molecule has 0 radical (unpaired) electrons. The Hall–Kier alpha value is -0.610. The number of hydrogen-bond donors (Lipinski definition) is 1. The van der Waals surface area contributed by atoms with Crippen LogP contribution in [0, 0.1) is 0 Å². The molecule has 4 nitrogen and oxygen atoms in total. The van der Waals surface area contributed by atoms with Crippen LogP contribution in [0.3, 0.4) is 0 Å². The zero-order valence-corrected chi connectivity index (χ0v) is 6.42. The van der Waals surface area contributed by atoms with Crippen molar-refractivity contribution in [2.24, 2.45) is 0 Å². The smallest absolute Gasteiger partial charge is 0.108 e. The molecule has 0 aliphatic heterocycles. The first-order chi connectivity index (χ1) is 7.15. The summed E-state index contributed by atoms with van der Waals surface area (Å²) in [6.07, 6.45) is -6.47. The molecule has 0 amide bonds. The van der Waals surface area contributed by atoms with E-state index in [1.54, 1.807) is 0 Å². The summed E-state index contributed by atoms with van der Waals surface area (Å²) in [5, 5.41) is 20.0. The highest BCUT2D eigenvalue weighted by atomic mass is 16.4. The van der Waals surface area contributed by atoms with Crippen LogP contribution in [0.2, 0.25) is 0 Å². The summed E-state index contributed by atoms with van der Waals surface area (Å²) in [4.78, 5) is 10.5. The maximum absolute atomic E-state index is 10.5. The van der Waals surface area contributed by atoms with Crippen LogP contribution in [-0.2, 0) is 4.79 Å². The second-order valence-electron chi connectivity index (χ2n) is 2.70. The Morgan fingerprint density at radius 2 is 2.55 bits per heavy atom. The Labute approximate surface area is 75.1 Å². The second kappa shape index (κ2) is 3.69. The number of aliphatic hydroxyl groups is 1. The molecule has 0 unspecified atom stereocenters. The minimum absolute atomic E-state index is 0.903. The van der Waals surface area contributed by atoms with E-state index in [0.717, 1.165) is 14.1 Å². The summed E-state index contributed by atoms with van der Waals surface area (Å²) in [6.45, 7) is -3.54. The SMILES string of the molecule is [2H]C([2H])(C(=O)[O-])[C@]([2H])(O)C[N+](C)(C)C([2H])([2H])[2H]. The number of quaternary nitrogens is 1. The molecular weight excluding hydrogens is 146 g/mol. The normalized spacial score (nSPS) is 27.9. The first-order valence-corrected chi connectivity index (χ1v) is 2.92. The first kappa shape index (κ1) is 3.87. The van der Waals surface area contributed by atoms with Gasteiger partial charge in [0.15, 0.2) is 0 Å². The third-order valence-electron chi connectivity index (χ3n) is 0.791. The quantitative estimate of drug-likeness (QED) is 0.502. The fraction of sp³-hybridized carbons (Fsp3) is 0.857. The molecule has 0 aromatic carbocycles. The van der Waals surface area contributed by atoms with Crippen LogP contribution in [0.4, 0.5) is 0 Å². The molecule has 0 fully saturated rings. The zero-order chi connectivity index (χ0) is 14.3. The van der Waals surface area contributed by atoms with E-state index in [0.29, 0.717) is 0 Å². The van der Waals surface area contributed by atoms with Crippen LogP contribution in [0.5, 0.6) is 0 Å². The number of hydrogen-bond acceptors (Lipinski definition) is 3. The summed E-state index contributed by atoms with van der Waals surface area (Å²) in [7, 11) is 2.27. The Morgan fingerprint density at radius 1 is 2.00 bits per heavy atom. The molecule has 0 heterocycles. The van der Waals surface area contributed by atoms with E-state index in [1.165, 1.54) is 0 Å². The molecule has 0 aromatic rings. The summed E-state index contributed by atoms with van der Waals surface area (Å²) in [5.74, 6) is -2.26. The molecule has 66 valence electrons. The summed E-state index contributed by atoms with van der Waals surface area (Å²) in [5.41, 5.74) is 0. The van der Waals surface area contributed by atoms with Gasteiger partial charge in [0.05, 0.1) is 26.6 Å². The highest BCUT2D eigenvalue weighted by Crippen LogP contribution is 1.97. The standard InChI is InChI=1S/C7H15NO3/c1-8(2,3)5-6(9)4-7(10)11/h6,9H,4-5H2,1-3H3/t6-/m0/s1/i1D3,4D2,6D. The molecule has 0 spiro atoms. The lowest BCUT2D eigenvalue weighted by Gasteiger charge is -2.26. The Kier molecular flexibility index (Phi) is 1.30. The van der Waals surface area contributed by atoms with Crippen molar-refractivity contribution in [1.29, 1.82) is 0 Å². The maximum atomic E-state index is 10.5. The van der Waals surface area contributed by atoms with Crippen molar-refractivity contribution in [2.75, 3.05) is 27.6 Å². The van der Waals surface area contributed by atoms with Crippen LogP contribution in [0.25, 0.3) is 0 Å². The highest BCUT2D eigenvalue weighted by Gasteiger charge is 2.14. The van der Waals surface area contributed by atoms with Crippen molar-refractivity contribution in [3.05, 3.63) is 0 Å². The van der Waals surface area contributed by atoms with Crippen LogP contribution >= 0.6 is 0 Å². The van der Waals surface area contributed by atoms with Gasteiger partial charge in [0.2, 0.25) is 0 Å². The molecule has 0 saturated heterocycles. The van der Waals surface area contributed by atoms with E-state index in [2.05, 4.69) is 0 Å². The van der Waals surface area contributed by atoms with E-state index in [-0.39, 0.29) is 0 Å². The average molecular weight is 167 g/mol. The largest absolute Gasteiger partial charge is 0.550 e. The Bertz CT molecular complexity index is 311. The number of carboxylic acid groups (broad SMARTS) is 1. The van der Waals surface area contributed by atoms with E-state index in [9.17, 15) is 15.0 Å². The van der Waals surface area contributed by atoms with Gasteiger partial charge in [-0.25, -0.2) is 0 Å². The number of likely N-dealkylation sites (N-methyl/N-ethyl adjacent to an activating group) is 1. The van der Waals surface area contributed by atoms with Crippen LogP contribution in [0.15, 0.2) is 0 Å². The molecule has 0 aliphatic rings. The van der Waals surface area contributed by atoms with Crippen molar-refractivity contribution in [3.8, 4) is 0 Å². The molecular formula is C7H15NO3. The lowest BCUT2D eigenvalue weighted by Crippen LogP contribution is -2.43. The monoisotopic (exact) mass is 167 g/mol. The molecule has 1 N–H and O–H groups in total. The maximum Gasteiger partial charge on any atom is 0.108 e. The van der Waals surface area contributed by atoms with Gasteiger partial charge < -0.3 is 19.5 Å². The van der Waals surface area contributed by atoms with Crippen molar-refractivity contribution >= 4 is 5.97 Å². The fourth-order valence-electron chi connectivity index (χ4n) is 0.532. The molecule has 1 atom stereocenters. The van der Waals surface area contributed by atoms with Crippen LogP contribution in [-0.4, -0.2) is 49.3 Å². The van der Waals surface area contributed by atoms with Crippen molar-refractivity contribution in [3.63, 3.8) is 0 Å². The molecule has 0 rings (SSSR count). The zero-order valence-electron chi connectivity index (χ0n) is 12.4. The molecule has 0 saturated carbocycles. The lowest BCUT2D eigenvalue weighted by atomic mass is 10.2. The van der Waals surface area contributed by atoms with Gasteiger partial charge >= 0.3 is 0 Å². The first-order valence-electron chi connectivity index (χ1n) is 5.92. The van der Waals surface area contributed by atoms with Crippen molar-refractivity contribution in [2.45, 2.75) is 12.5 Å². The molecule has 0 aliphatic carbocycles. The number of rotatable bonds is 4. The summed E-state index contributed by atoms with van der Waals surface area (Å²) < 4.78 is 41.9. The van der Waals surface area contributed by atoms with Gasteiger partial charge in [-0.15, -0.1) is 0 Å². The summed E-state index contributed by atoms with van der Waals surface area (Å²) >= 11 is 0. The van der Waals surface area contributed by atoms with E-state index in [1.807, 2.05) is 0 Å². The lowest BCUT2D eigenvalue weighted by molar-refractivity contribution is -0.873. The van der Waals surface area contributed by atoms with Crippen molar-refractivity contribution in [1.82, 2.24) is 0 Å². The van der Waals surface area contributed by atoms with Crippen LogP contribution < -0.4 is 5.11 Å². The van der Waals surface area contributed by atoms with Gasteiger partial charge in [0.25, 0.3) is 0 Å². The molecule has 0 bridgehead atoms. The van der Waals surface area contributed by atoms with Crippen molar-refractivity contribution < 1.29 is 27.7 Å². The third kappa shape index (κ3) is 7.29. The van der Waals surface area contributed by atoms with Gasteiger partial charge in [-0.1, -0.05) is 0 Å². The van der Waals surface area contributed by atoms with Gasteiger partial charge in [-0.05, 0) is 0 Å². The molecule has 0 aromatic heterocycles. The van der Waals surface area contributed by atoms with Gasteiger partial charge in [0.1, 0.15) is 12.6 Å².